The number of hydrogen-bond acceptors (Lipinski definition) is 3. The topological polar surface area (TPSA) is 36.4 Å². The van der Waals surface area contributed by atoms with Gasteiger partial charge in [0.2, 0.25) is 0 Å². The van der Waals surface area contributed by atoms with E-state index in [9.17, 15) is 0 Å². The van der Waals surface area contributed by atoms with Gasteiger partial charge in [0.25, 0.3) is 0 Å². The molecule has 1 heterocycles. The minimum atomic E-state index is 0.871. The first-order chi connectivity index (χ1) is 6.88. The zero-order valence-electron chi connectivity index (χ0n) is 8.38. The van der Waals surface area contributed by atoms with Crippen molar-refractivity contribution in [2.75, 3.05) is 18.4 Å². The summed E-state index contributed by atoms with van der Waals surface area (Å²) in [6.07, 6.45) is 1.06. The van der Waals surface area contributed by atoms with Gasteiger partial charge in [0.15, 0.2) is 5.96 Å². The molecule has 0 amide bonds. The van der Waals surface area contributed by atoms with Gasteiger partial charge in [0.05, 0.1) is 6.54 Å². The second-order valence-electron chi connectivity index (χ2n) is 3.34. The standard InChI is InChI=1S/C11H15N3/c1-2-9-4-3-5-10(8-9)14-11-12-6-7-13-11/h3-5,8H,2,6-7H2,1H3,(H2,12,13,14). The number of benzene rings is 1. The van der Waals surface area contributed by atoms with Crippen LogP contribution in [0.1, 0.15) is 12.5 Å². The molecule has 74 valence electrons. The predicted molar refractivity (Wildman–Crippen MR) is 59.7 cm³/mol. The van der Waals surface area contributed by atoms with E-state index in [1.54, 1.807) is 0 Å². The maximum Gasteiger partial charge on any atom is 0.195 e. The SMILES string of the molecule is CCc1cccc(NC2=NCCN2)c1. The van der Waals surface area contributed by atoms with Gasteiger partial charge < -0.3 is 10.6 Å². The van der Waals surface area contributed by atoms with E-state index in [2.05, 4.69) is 46.8 Å². The first-order valence-corrected chi connectivity index (χ1v) is 5.03. The van der Waals surface area contributed by atoms with Crippen molar-refractivity contribution in [1.29, 1.82) is 0 Å². The molecule has 0 spiro atoms. The third kappa shape index (κ3) is 2.05. The van der Waals surface area contributed by atoms with Crippen LogP contribution >= 0.6 is 0 Å². The van der Waals surface area contributed by atoms with E-state index in [0.29, 0.717) is 0 Å². The molecule has 0 atom stereocenters. The largest absolute Gasteiger partial charge is 0.354 e. The maximum absolute atomic E-state index is 4.28. The van der Waals surface area contributed by atoms with E-state index in [1.807, 2.05) is 0 Å². The fourth-order valence-corrected chi connectivity index (χ4v) is 1.49. The maximum atomic E-state index is 4.28. The van der Waals surface area contributed by atoms with Gasteiger partial charge in [-0.2, -0.15) is 0 Å². The Morgan fingerprint density at radius 1 is 1.50 bits per heavy atom. The second-order valence-corrected chi connectivity index (χ2v) is 3.34. The van der Waals surface area contributed by atoms with Gasteiger partial charge in [0, 0.05) is 12.2 Å². The minimum Gasteiger partial charge on any atom is -0.354 e. The summed E-state index contributed by atoms with van der Waals surface area (Å²) >= 11 is 0. The lowest BCUT2D eigenvalue weighted by Crippen LogP contribution is -2.26. The molecule has 2 N–H and O–H groups in total. The highest BCUT2D eigenvalue weighted by atomic mass is 15.2. The Hall–Kier alpha value is -1.51. The van der Waals surface area contributed by atoms with Crippen molar-refractivity contribution < 1.29 is 0 Å². The number of aryl methyl sites for hydroxylation is 1. The van der Waals surface area contributed by atoms with Gasteiger partial charge in [-0.1, -0.05) is 19.1 Å². The smallest absolute Gasteiger partial charge is 0.195 e. The van der Waals surface area contributed by atoms with Crippen molar-refractivity contribution >= 4 is 11.6 Å². The highest BCUT2D eigenvalue weighted by Crippen LogP contribution is 2.11. The summed E-state index contributed by atoms with van der Waals surface area (Å²) in [4.78, 5) is 4.28. The van der Waals surface area contributed by atoms with Gasteiger partial charge in [-0.3, -0.25) is 4.99 Å². The van der Waals surface area contributed by atoms with Crippen molar-refractivity contribution in [2.45, 2.75) is 13.3 Å². The van der Waals surface area contributed by atoms with E-state index < -0.39 is 0 Å². The van der Waals surface area contributed by atoms with Gasteiger partial charge in [0.1, 0.15) is 0 Å². The molecule has 0 bridgehead atoms. The molecular formula is C11H15N3. The molecule has 1 aliphatic rings. The van der Waals surface area contributed by atoms with E-state index >= 15 is 0 Å². The van der Waals surface area contributed by atoms with Crippen molar-refractivity contribution in [2.24, 2.45) is 4.99 Å². The third-order valence-electron chi connectivity index (χ3n) is 2.27. The number of hydrogen-bond donors (Lipinski definition) is 2. The van der Waals surface area contributed by atoms with Gasteiger partial charge in [-0.15, -0.1) is 0 Å². The molecule has 0 radical (unpaired) electrons. The van der Waals surface area contributed by atoms with Crippen LogP contribution < -0.4 is 10.6 Å². The van der Waals surface area contributed by atoms with Crippen molar-refractivity contribution in [1.82, 2.24) is 5.32 Å². The highest BCUT2D eigenvalue weighted by molar-refractivity contribution is 5.94. The molecule has 0 aliphatic carbocycles. The monoisotopic (exact) mass is 189 g/mol. The summed E-state index contributed by atoms with van der Waals surface area (Å²) in [6.45, 7) is 3.97. The van der Waals surface area contributed by atoms with Crippen LogP contribution in [-0.2, 0) is 6.42 Å². The summed E-state index contributed by atoms with van der Waals surface area (Å²) in [5.74, 6) is 0.887. The number of nitrogens with one attached hydrogen (secondary N) is 2. The van der Waals surface area contributed by atoms with E-state index in [-0.39, 0.29) is 0 Å². The first-order valence-electron chi connectivity index (χ1n) is 5.03. The quantitative estimate of drug-likeness (QED) is 0.741. The molecule has 1 aromatic carbocycles. The van der Waals surface area contributed by atoms with Crippen LogP contribution in [-0.4, -0.2) is 19.0 Å². The molecule has 0 saturated carbocycles. The molecule has 0 unspecified atom stereocenters. The molecule has 1 aromatic rings. The summed E-state index contributed by atoms with van der Waals surface area (Å²) in [6, 6.07) is 8.41. The fourth-order valence-electron chi connectivity index (χ4n) is 1.49. The van der Waals surface area contributed by atoms with Crippen molar-refractivity contribution in [3.63, 3.8) is 0 Å². The summed E-state index contributed by atoms with van der Waals surface area (Å²) in [5, 5.41) is 6.44. The fraction of sp³-hybridized carbons (Fsp3) is 0.364. The summed E-state index contributed by atoms with van der Waals surface area (Å²) in [5.41, 5.74) is 2.45. The number of rotatable bonds is 2. The Morgan fingerprint density at radius 3 is 3.14 bits per heavy atom. The second kappa shape index (κ2) is 4.13. The van der Waals surface area contributed by atoms with Crippen LogP contribution in [0.3, 0.4) is 0 Å². The molecule has 2 rings (SSSR count). The van der Waals surface area contributed by atoms with Crippen LogP contribution in [0.15, 0.2) is 29.3 Å². The Kier molecular flexibility index (Phi) is 2.68. The predicted octanol–water partition coefficient (Wildman–Crippen LogP) is 1.62. The number of nitrogens with zero attached hydrogens (tertiary/aromatic N) is 1. The molecule has 3 nitrogen and oxygen atoms in total. The van der Waals surface area contributed by atoms with Crippen molar-refractivity contribution in [3.05, 3.63) is 29.8 Å². The Balaban J connectivity index is 2.08. The summed E-state index contributed by atoms with van der Waals surface area (Å²) in [7, 11) is 0. The van der Waals surface area contributed by atoms with Crippen LogP contribution in [0.2, 0.25) is 0 Å². The number of guanidine groups is 1. The highest BCUT2D eigenvalue weighted by Gasteiger charge is 2.04. The van der Waals surface area contributed by atoms with Gasteiger partial charge in [-0.25, -0.2) is 0 Å². The average Bonchev–Trinajstić information content (AvgIpc) is 2.71. The van der Waals surface area contributed by atoms with E-state index in [4.69, 9.17) is 0 Å². The molecule has 14 heavy (non-hydrogen) atoms. The lowest BCUT2D eigenvalue weighted by molar-refractivity contribution is 0.959. The molecule has 1 aliphatic heterocycles. The van der Waals surface area contributed by atoms with E-state index in [1.165, 1.54) is 5.56 Å². The molecule has 3 heteroatoms. The lowest BCUT2D eigenvalue weighted by Gasteiger charge is -2.07. The summed E-state index contributed by atoms with van der Waals surface area (Å²) < 4.78 is 0. The third-order valence-corrected chi connectivity index (χ3v) is 2.27. The molecule has 0 fully saturated rings. The van der Waals surface area contributed by atoms with E-state index in [0.717, 1.165) is 31.2 Å². The molecule has 0 saturated heterocycles. The Bertz CT molecular complexity index is 344. The average molecular weight is 189 g/mol. The van der Waals surface area contributed by atoms with Crippen LogP contribution in [0.25, 0.3) is 0 Å². The normalized spacial score (nSPS) is 14.8. The van der Waals surface area contributed by atoms with Gasteiger partial charge >= 0.3 is 0 Å². The zero-order chi connectivity index (χ0) is 9.80. The van der Waals surface area contributed by atoms with Crippen molar-refractivity contribution in [3.8, 4) is 0 Å². The molecular weight excluding hydrogens is 174 g/mol. The van der Waals surface area contributed by atoms with Gasteiger partial charge in [-0.05, 0) is 24.1 Å². The van der Waals surface area contributed by atoms with Crippen LogP contribution in [0.5, 0.6) is 0 Å². The zero-order valence-corrected chi connectivity index (χ0v) is 8.38. The van der Waals surface area contributed by atoms with Crippen LogP contribution in [0, 0.1) is 0 Å². The Labute approximate surface area is 84.2 Å². The van der Waals surface area contributed by atoms with Crippen LogP contribution in [0.4, 0.5) is 5.69 Å². The number of anilines is 1. The molecule has 0 aromatic heterocycles. The Morgan fingerprint density at radius 2 is 2.43 bits per heavy atom. The number of aliphatic imine (C=N–C) groups is 1. The lowest BCUT2D eigenvalue weighted by atomic mass is 10.1. The minimum absolute atomic E-state index is 0.871. The first kappa shape index (κ1) is 9.06.